The summed E-state index contributed by atoms with van der Waals surface area (Å²) in [5.41, 5.74) is 2.47. The molecule has 0 unspecified atom stereocenters. The molecule has 4 nitrogen and oxygen atoms in total. The second kappa shape index (κ2) is 4.03. The Hall–Kier alpha value is -2.01. The van der Waals surface area contributed by atoms with Crippen molar-refractivity contribution in [1.29, 1.82) is 0 Å². The molecule has 0 aromatic carbocycles. The number of pyridine rings is 1. The van der Waals surface area contributed by atoms with Gasteiger partial charge in [0, 0.05) is 6.20 Å². The van der Waals surface area contributed by atoms with Crippen molar-refractivity contribution in [2.24, 2.45) is 0 Å². The highest BCUT2D eigenvalue weighted by molar-refractivity contribution is 6.28. The number of nitrogens with zero attached hydrogens (tertiary/aromatic N) is 4. The van der Waals surface area contributed by atoms with Gasteiger partial charge in [0.2, 0.25) is 5.28 Å². The average Bonchev–Trinajstić information content (AvgIpc) is 2.75. The van der Waals surface area contributed by atoms with E-state index in [1.807, 2.05) is 25.3 Å². The van der Waals surface area contributed by atoms with Gasteiger partial charge in [0.15, 0.2) is 5.82 Å². The van der Waals surface area contributed by atoms with Crippen molar-refractivity contribution in [2.45, 2.75) is 6.92 Å². The maximum atomic E-state index is 13.7. The fraction of sp³-hybridized carbons (Fsp3) is 0.0833. The van der Waals surface area contributed by atoms with Crippen LogP contribution in [0.15, 0.2) is 30.7 Å². The highest BCUT2D eigenvalue weighted by Crippen LogP contribution is 2.22. The van der Waals surface area contributed by atoms with E-state index in [4.69, 9.17) is 11.6 Å². The van der Waals surface area contributed by atoms with Crippen LogP contribution in [0.3, 0.4) is 0 Å². The number of fused-ring (bicyclic) bond motifs is 1. The molecule has 18 heavy (non-hydrogen) atoms. The van der Waals surface area contributed by atoms with Gasteiger partial charge in [-0.25, -0.2) is 19.3 Å². The number of rotatable bonds is 1. The number of aryl methyl sites for hydroxylation is 1. The van der Waals surface area contributed by atoms with E-state index in [1.165, 1.54) is 0 Å². The fourth-order valence-electron chi connectivity index (χ4n) is 1.79. The Kier molecular flexibility index (Phi) is 2.48. The minimum atomic E-state index is -0.525. The summed E-state index contributed by atoms with van der Waals surface area (Å²) in [7, 11) is 0. The van der Waals surface area contributed by atoms with E-state index >= 15 is 0 Å². The van der Waals surface area contributed by atoms with Crippen LogP contribution in [0, 0.1) is 12.7 Å². The maximum absolute atomic E-state index is 13.7. The third kappa shape index (κ3) is 1.73. The van der Waals surface area contributed by atoms with Gasteiger partial charge in [-0.2, -0.15) is 0 Å². The molecule has 0 saturated carbocycles. The van der Waals surface area contributed by atoms with Crippen LogP contribution in [0.25, 0.3) is 17.0 Å². The van der Waals surface area contributed by atoms with Crippen LogP contribution in [0.4, 0.5) is 4.39 Å². The van der Waals surface area contributed by atoms with Crippen LogP contribution in [0.5, 0.6) is 0 Å². The highest BCUT2D eigenvalue weighted by Gasteiger charge is 2.13. The zero-order valence-corrected chi connectivity index (χ0v) is 10.2. The molecule has 0 spiro atoms. The SMILES string of the molecule is Cc1ccc2ncc(-c3nc(Cl)ncc3F)n2c1. The van der Waals surface area contributed by atoms with Gasteiger partial charge >= 0.3 is 0 Å². The van der Waals surface area contributed by atoms with Crippen LogP contribution in [0.1, 0.15) is 5.56 Å². The summed E-state index contributed by atoms with van der Waals surface area (Å²) in [5.74, 6) is -0.525. The summed E-state index contributed by atoms with van der Waals surface area (Å²) in [6.45, 7) is 1.95. The molecule has 0 aliphatic carbocycles. The summed E-state index contributed by atoms with van der Waals surface area (Å²) < 4.78 is 15.5. The highest BCUT2D eigenvalue weighted by atomic mass is 35.5. The van der Waals surface area contributed by atoms with Crippen LogP contribution in [0.2, 0.25) is 5.28 Å². The smallest absolute Gasteiger partial charge is 0.223 e. The molecule has 0 aliphatic heterocycles. The monoisotopic (exact) mass is 262 g/mol. The number of halogens is 2. The zero-order valence-electron chi connectivity index (χ0n) is 9.43. The molecule has 6 heteroatoms. The van der Waals surface area contributed by atoms with E-state index in [2.05, 4.69) is 15.0 Å². The number of aromatic nitrogens is 4. The van der Waals surface area contributed by atoms with Crippen molar-refractivity contribution >= 4 is 17.2 Å². The first-order valence-corrected chi connectivity index (χ1v) is 5.65. The van der Waals surface area contributed by atoms with E-state index < -0.39 is 5.82 Å². The van der Waals surface area contributed by atoms with Gasteiger partial charge in [-0.05, 0) is 30.2 Å². The largest absolute Gasteiger partial charge is 0.298 e. The minimum absolute atomic E-state index is 0.00834. The average molecular weight is 263 g/mol. The Morgan fingerprint density at radius 2 is 2.06 bits per heavy atom. The summed E-state index contributed by atoms with van der Waals surface area (Å²) in [6, 6.07) is 3.80. The quantitative estimate of drug-likeness (QED) is 0.634. The number of hydrogen-bond acceptors (Lipinski definition) is 3. The van der Waals surface area contributed by atoms with E-state index in [0.29, 0.717) is 5.69 Å². The molecule has 90 valence electrons. The van der Waals surface area contributed by atoms with Crippen LogP contribution in [-0.2, 0) is 0 Å². The molecule has 0 saturated heterocycles. The Morgan fingerprint density at radius 3 is 2.89 bits per heavy atom. The normalized spacial score (nSPS) is 11.1. The molecular weight excluding hydrogens is 255 g/mol. The van der Waals surface area contributed by atoms with Crippen molar-refractivity contribution in [2.75, 3.05) is 0 Å². The van der Waals surface area contributed by atoms with Crippen LogP contribution in [-0.4, -0.2) is 19.4 Å². The van der Waals surface area contributed by atoms with Crippen molar-refractivity contribution in [3.63, 3.8) is 0 Å². The Labute approximate surface area is 107 Å². The summed E-state index contributed by atoms with van der Waals surface area (Å²) in [6.07, 6.45) is 4.49. The molecule has 3 aromatic rings. The van der Waals surface area contributed by atoms with Gasteiger partial charge in [0.25, 0.3) is 0 Å². The lowest BCUT2D eigenvalue weighted by Crippen LogP contribution is -1.96. The van der Waals surface area contributed by atoms with Crippen molar-refractivity contribution in [1.82, 2.24) is 19.4 Å². The lowest BCUT2D eigenvalue weighted by Gasteiger charge is -2.03. The van der Waals surface area contributed by atoms with E-state index in [1.54, 1.807) is 10.6 Å². The predicted octanol–water partition coefficient (Wildman–Crippen LogP) is 2.89. The van der Waals surface area contributed by atoms with Gasteiger partial charge in [-0.3, -0.25) is 4.40 Å². The first kappa shape index (κ1) is 11.1. The van der Waals surface area contributed by atoms with Crippen LogP contribution < -0.4 is 0 Å². The number of imidazole rings is 1. The van der Waals surface area contributed by atoms with Gasteiger partial charge in [0.1, 0.15) is 11.3 Å². The Morgan fingerprint density at radius 1 is 1.22 bits per heavy atom. The summed E-state index contributed by atoms with van der Waals surface area (Å²) in [4.78, 5) is 11.7. The Bertz CT molecular complexity index is 738. The lowest BCUT2D eigenvalue weighted by molar-refractivity contribution is 0.617. The third-order valence-electron chi connectivity index (χ3n) is 2.61. The van der Waals surface area contributed by atoms with Gasteiger partial charge in [-0.1, -0.05) is 6.07 Å². The maximum Gasteiger partial charge on any atom is 0.223 e. The molecule has 3 aromatic heterocycles. The van der Waals surface area contributed by atoms with Gasteiger partial charge < -0.3 is 0 Å². The topological polar surface area (TPSA) is 43.1 Å². The molecule has 0 bridgehead atoms. The summed E-state index contributed by atoms with van der Waals surface area (Å²) >= 11 is 5.70. The molecule has 0 radical (unpaired) electrons. The Balaban J connectivity index is 2.31. The first-order chi connectivity index (χ1) is 8.65. The molecule has 0 amide bonds. The molecule has 3 rings (SSSR count). The molecule has 0 atom stereocenters. The molecule has 0 fully saturated rings. The van der Waals surface area contributed by atoms with E-state index in [-0.39, 0.29) is 11.0 Å². The molecule has 0 N–H and O–H groups in total. The standard InChI is InChI=1S/C12H8ClFN4/c1-7-2-3-10-15-5-9(18(10)6-7)11-8(14)4-16-12(13)17-11/h2-6H,1H3. The van der Waals surface area contributed by atoms with Gasteiger partial charge in [0.05, 0.1) is 18.1 Å². The summed E-state index contributed by atoms with van der Waals surface area (Å²) in [5, 5.41) is 0.00834. The fourth-order valence-corrected chi connectivity index (χ4v) is 1.92. The second-order valence-electron chi connectivity index (χ2n) is 3.91. The van der Waals surface area contributed by atoms with E-state index in [9.17, 15) is 4.39 Å². The van der Waals surface area contributed by atoms with Crippen LogP contribution >= 0.6 is 11.6 Å². The van der Waals surface area contributed by atoms with Crippen molar-refractivity contribution < 1.29 is 4.39 Å². The number of hydrogen-bond donors (Lipinski definition) is 0. The first-order valence-electron chi connectivity index (χ1n) is 5.27. The van der Waals surface area contributed by atoms with Crippen molar-refractivity contribution in [3.8, 4) is 11.4 Å². The van der Waals surface area contributed by atoms with Gasteiger partial charge in [-0.15, -0.1) is 0 Å². The van der Waals surface area contributed by atoms with Crippen molar-refractivity contribution in [3.05, 3.63) is 47.4 Å². The minimum Gasteiger partial charge on any atom is -0.298 e. The second-order valence-corrected chi connectivity index (χ2v) is 4.25. The molecule has 3 heterocycles. The zero-order chi connectivity index (χ0) is 12.7. The van der Waals surface area contributed by atoms with E-state index in [0.717, 1.165) is 17.4 Å². The predicted molar refractivity (Wildman–Crippen MR) is 65.9 cm³/mol. The third-order valence-corrected chi connectivity index (χ3v) is 2.79. The lowest BCUT2D eigenvalue weighted by atomic mass is 10.3. The molecule has 0 aliphatic rings. The molecular formula is C12H8ClFN4.